The third kappa shape index (κ3) is 7.94. The number of carbonyl (C=O) groups is 3. The summed E-state index contributed by atoms with van der Waals surface area (Å²) in [6.07, 6.45) is -1.90. The summed E-state index contributed by atoms with van der Waals surface area (Å²) in [4.78, 5) is 32.2. The van der Waals surface area contributed by atoms with Crippen molar-refractivity contribution in [2.24, 2.45) is 5.73 Å². The van der Waals surface area contributed by atoms with Gasteiger partial charge in [-0.05, 0) is 13.3 Å². The molecule has 0 aliphatic heterocycles. The first-order valence-electron chi connectivity index (χ1n) is 5.16. The van der Waals surface area contributed by atoms with Crippen LogP contribution in [0.4, 0.5) is 4.79 Å². The molecule has 5 N–H and O–H groups in total. The molecule has 1 atom stereocenters. The molecule has 0 fully saturated rings. The second-order valence-corrected chi connectivity index (χ2v) is 4.79. The minimum absolute atomic E-state index is 0.0502. The molecule has 0 radical (unpaired) electrons. The van der Waals surface area contributed by atoms with E-state index < -0.39 is 34.2 Å². The third-order valence-corrected chi connectivity index (χ3v) is 2.80. The van der Waals surface area contributed by atoms with E-state index in [-0.39, 0.29) is 19.4 Å². The number of carboxylic acids is 1. The zero-order valence-electron chi connectivity index (χ0n) is 10.1. The molecule has 2 amide bonds. The van der Waals surface area contributed by atoms with Crippen LogP contribution < -0.4 is 15.2 Å². The highest BCUT2D eigenvalue weighted by Gasteiger charge is 2.25. The molecule has 0 spiro atoms. The minimum atomic E-state index is -4.40. The molecule has 0 aromatic rings. The van der Waals surface area contributed by atoms with Crippen LogP contribution >= 0.6 is 0 Å². The van der Waals surface area contributed by atoms with Gasteiger partial charge in [0.25, 0.3) is 0 Å². The van der Waals surface area contributed by atoms with Gasteiger partial charge in [0.2, 0.25) is 5.91 Å². The molecule has 0 saturated heterocycles. The van der Waals surface area contributed by atoms with E-state index in [2.05, 4.69) is 4.74 Å². The molecule has 110 valence electrons. The van der Waals surface area contributed by atoms with Crippen LogP contribution in [0, 0.1) is 0 Å². The van der Waals surface area contributed by atoms with Gasteiger partial charge in [0, 0.05) is 6.42 Å². The summed E-state index contributed by atoms with van der Waals surface area (Å²) >= 11 is 0. The predicted molar refractivity (Wildman–Crippen MR) is 62.1 cm³/mol. The smallest absolute Gasteiger partial charge is 0.421 e. The molecular formula is C8H15N3O7S. The fourth-order valence-electron chi connectivity index (χ4n) is 1.01. The Balaban J connectivity index is 4.60. The summed E-state index contributed by atoms with van der Waals surface area (Å²) < 4.78 is 30.2. The number of amides is 2. The maximum absolute atomic E-state index is 11.4. The van der Waals surface area contributed by atoms with Crippen LogP contribution in [0.3, 0.4) is 0 Å². The molecule has 0 saturated carbocycles. The lowest BCUT2D eigenvalue weighted by Crippen LogP contribution is -2.48. The number of carboxylic acid groups (broad SMARTS) is 1. The van der Waals surface area contributed by atoms with Gasteiger partial charge in [0.15, 0.2) is 0 Å². The zero-order valence-corrected chi connectivity index (χ0v) is 10.9. The van der Waals surface area contributed by atoms with Crippen molar-refractivity contribution >= 4 is 28.2 Å². The number of hydrogen-bond donors (Lipinski definition) is 4. The summed E-state index contributed by atoms with van der Waals surface area (Å²) in [5.41, 5.74) is 4.83. The van der Waals surface area contributed by atoms with Gasteiger partial charge in [-0.15, -0.1) is 0 Å². The molecule has 0 unspecified atom stereocenters. The van der Waals surface area contributed by atoms with Crippen LogP contribution in [-0.4, -0.2) is 44.1 Å². The molecular weight excluding hydrogens is 282 g/mol. The van der Waals surface area contributed by atoms with Crippen molar-refractivity contribution in [1.29, 1.82) is 0 Å². The number of aliphatic carboxylic acids is 1. The molecule has 0 aromatic heterocycles. The first-order valence-corrected chi connectivity index (χ1v) is 6.64. The van der Waals surface area contributed by atoms with E-state index in [0.29, 0.717) is 0 Å². The van der Waals surface area contributed by atoms with E-state index in [1.165, 1.54) is 11.6 Å². The monoisotopic (exact) mass is 297 g/mol. The Labute approximate surface area is 109 Å². The topological polar surface area (TPSA) is 165 Å². The van der Waals surface area contributed by atoms with Crippen molar-refractivity contribution in [2.45, 2.75) is 25.8 Å². The number of nitrogens with one attached hydrogen (secondary N) is 2. The summed E-state index contributed by atoms with van der Waals surface area (Å²) in [7, 11) is -4.40. The Bertz CT molecular complexity index is 447. The number of hydrogen-bond acceptors (Lipinski definition) is 6. The largest absolute Gasteiger partial charge is 0.480 e. The summed E-state index contributed by atoms with van der Waals surface area (Å²) in [6, 6.07) is -1.58. The lowest BCUT2D eigenvalue weighted by molar-refractivity contribution is -0.139. The van der Waals surface area contributed by atoms with Crippen LogP contribution in [-0.2, 0) is 24.5 Å². The van der Waals surface area contributed by atoms with Gasteiger partial charge in [-0.2, -0.15) is 13.1 Å². The highest BCUT2D eigenvalue weighted by molar-refractivity contribution is 7.88. The first-order chi connectivity index (χ1) is 8.68. The van der Waals surface area contributed by atoms with Gasteiger partial charge >= 0.3 is 22.3 Å². The highest BCUT2D eigenvalue weighted by Crippen LogP contribution is 1.99. The molecule has 0 aliphatic carbocycles. The van der Waals surface area contributed by atoms with Crippen molar-refractivity contribution in [2.75, 3.05) is 6.61 Å². The summed E-state index contributed by atoms with van der Waals surface area (Å²) in [5.74, 6) is -2.28. The maximum Gasteiger partial charge on any atom is 0.421 e. The molecule has 19 heavy (non-hydrogen) atoms. The Morgan fingerprint density at radius 3 is 2.37 bits per heavy atom. The number of nitrogens with two attached hydrogens (primary N) is 1. The van der Waals surface area contributed by atoms with Crippen molar-refractivity contribution in [3.63, 3.8) is 0 Å². The molecule has 10 nitrogen and oxygen atoms in total. The molecule has 0 aromatic carbocycles. The van der Waals surface area contributed by atoms with E-state index in [4.69, 9.17) is 10.8 Å². The quantitative estimate of drug-likeness (QED) is 0.414. The molecule has 0 aliphatic rings. The number of primary amides is 1. The minimum Gasteiger partial charge on any atom is -0.480 e. The van der Waals surface area contributed by atoms with Gasteiger partial charge < -0.3 is 15.6 Å². The van der Waals surface area contributed by atoms with E-state index in [0.717, 1.165) is 0 Å². The van der Waals surface area contributed by atoms with Crippen LogP contribution in [0.2, 0.25) is 0 Å². The fraction of sp³-hybridized carbons (Fsp3) is 0.625. The van der Waals surface area contributed by atoms with E-state index in [9.17, 15) is 22.8 Å². The second kappa shape index (κ2) is 7.53. The van der Waals surface area contributed by atoms with Gasteiger partial charge in [-0.3, -0.25) is 9.59 Å². The lowest BCUT2D eigenvalue weighted by Gasteiger charge is -2.14. The summed E-state index contributed by atoms with van der Waals surface area (Å²) in [6.45, 7) is 1.41. The standard InChI is InChI=1S/C8H15N3O7S/c1-2-18-8(15)11-19(16,17)10-5(7(13)14)3-4-6(9)12/h5,10H,2-4H2,1H3,(H2,9,12)(H,11,15)(H,13,14)/t5-/m0/s1. The number of carbonyl (C=O) groups excluding carboxylic acids is 2. The van der Waals surface area contributed by atoms with Gasteiger partial charge in [-0.1, -0.05) is 0 Å². The van der Waals surface area contributed by atoms with Crippen LogP contribution in [0.5, 0.6) is 0 Å². The molecule has 0 rings (SSSR count). The third-order valence-electron chi connectivity index (χ3n) is 1.77. The van der Waals surface area contributed by atoms with Crippen molar-refractivity contribution in [1.82, 2.24) is 9.44 Å². The van der Waals surface area contributed by atoms with Crippen molar-refractivity contribution < 1.29 is 32.6 Å². The summed E-state index contributed by atoms with van der Waals surface area (Å²) in [5, 5.41) is 8.76. The number of rotatable bonds is 8. The Morgan fingerprint density at radius 1 is 1.37 bits per heavy atom. The fourth-order valence-corrected chi connectivity index (χ4v) is 1.94. The van der Waals surface area contributed by atoms with Crippen molar-refractivity contribution in [3.8, 4) is 0 Å². The Kier molecular flexibility index (Phi) is 6.79. The normalized spacial score (nSPS) is 12.5. The Morgan fingerprint density at radius 2 is 1.95 bits per heavy atom. The maximum atomic E-state index is 11.4. The second-order valence-electron chi connectivity index (χ2n) is 3.34. The average Bonchev–Trinajstić information content (AvgIpc) is 2.22. The van der Waals surface area contributed by atoms with E-state index >= 15 is 0 Å². The number of ether oxygens (including phenoxy) is 1. The SMILES string of the molecule is CCOC(=O)NS(=O)(=O)N[C@@H](CCC(N)=O)C(=O)O. The van der Waals surface area contributed by atoms with Crippen LogP contribution in [0.15, 0.2) is 0 Å². The van der Waals surface area contributed by atoms with Crippen LogP contribution in [0.1, 0.15) is 19.8 Å². The van der Waals surface area contributed by atoms with Crippen LogP contribution in [0.25, 0.3) is 0 Å². The average molecular weight is 297 g/mol. The van der Waals surface area contributed by atoms with Gasteiger partial charge in [0.1, 0.15) is 6.04 Å². The first kappa shape index (κ1) is 17.1. The molecule has 0 heterocycles. The zero-order chi connectivity index (χ0) is 15.1. The van der Waals surface area contributed by atoms with E-state index in [1.54, 1.807) is 4.72 Å². The predicted octanol–water partition coefficient (Wildman–Crippen LogP) is -1.71. The molecule has 0 bridgehead atoms. The van der Waals surface area contributed by atoms with Gasteiger partial charge in [0.05, 0.1) is 6.61 Å². The molecule has 11 heteroatoms. The van der Waals surface area contributed by atoms with Gasteiger partial charge in [-0.25, -0.2) is 9.52 Å². The van der Waals surface area contributed by atoms with E-state index in [1.807, 2.05) is 0 Å². The highest BCUT2D eigenvalue weighted by atomic mass is 32.2. The lowest BCUT2D eigenvalue weighted by atomic mass is 10.2. The van der Waals surface area contributed by atoms with Crippen molar-refractivity contribution in [3.05, 3.63) is 0 Å². The Hall–Kier alpha value is -1.88.